The van der Waals surface area contributed by atoms with Crippen molar-refractivity contribution in [2.24, 2.45) is 0 Å². The molecule has 0 bridgehead atoms. The Bertz CT molecular complexity index is 788. The van der Waals surface area contributed by atoms with Gasteiger partial charge in [-0.2, -0.15) is 0 Å². The Morgan fingerprint density at radius 1 is 1.12 bits per heavy atom. The van der Waals surface area contributed by atoms with Crippen molar-refractivity contribution in [1.82, 2.24) is 0 Å². The molecule has 1 fully saturated rings. The number of rotatable bonds is 0. The second-order valence-electron chi connectivity index (χ2n) is 7.95. The van der Waals surface area contributed by atoms with Crippen LogP contribution < -0.4 is 4.90 Å². The SMILES string of the molecule is CC(C)(C)OC(=O)N1C(=O)[C@@]2(C=CC3(CC2)OCCO3)c2ccccc21. The third-order valence-corrected chi connectivity index (χ3v) is 5.05. The first-order valence-corrected chi connectivity index (χ1v) is 8.92. The number of nitrogens with zero attached hydrogens (tertiary/aromatic N) is 1. The molecule has 0 unspecified atom stereocenters. The van der Waals surface area contributed by atoms with E-state index in [0.717, 1.165) is 5.56 Å². The van der Waals surface area contributed by atoms with E-state index in [1.165, 1.54) is 4.90 Å². The third kappa shape index (κ3) is 2.56. The van der Waals surface area contributed by atoms with E-state index in [2.05, 4.69) is 0 Å². The highest BCUT2D eigenvalue weighted by molar-refractivity contribution is 6.22. The minimum atomic E-state index is -0.881. The second kappa shape index (κ2) is 5.66. The molecule has 138 valence electrons. The molecule has 6 nitrogen and oxygen atoms in total. The summed E-state index contributed by atoms with van der Waals surface area (Å²) in [6.07, 6.45) is 4.10. The van der Waals surface area contributed by atoms with Gasteiger partial charge in [-0.25, -0.2) is 9.69 Å². The highest BCUT2D eigenvalue weighted by Gasteiger charge is 2.55. The van der Waals surface area contributed by atoms with Gasteiger partial charge >= 0.3 is 6.09 Å². The van der Waals surface area contributed by atoms with Crippen LogP contribution in [-0.4, -0.2) is 36.6 Å². The smallest absolute Gasteiger partial charge is 0.421 e. The highest BCUT2D eigenvalue weighted by Crippen LogP contribution is 2.50. The van der Waals surface area contributed by atoms with Crippen molar-refractivity contribution in [2.75, 3.05) is 18.1 Å². The summed E-state index contributed by atoms with van der Waals surface area (Å²) >= 11 is 0. The first kappa shape index (κ1) is 17.2. The second-order valence-corrected chi connectivity index (χ2v) is 7.95. The molecule has 2 amide bonds. The van der Waals surface area contributed by atoms with E-state index in [4.69, 9.17) is 14.2 Å². The van der Waals surface area contributed by atoms with Crippen molar-refractivity contribution < 1.29 is 23.8 Å². The minimum absolute atomic E-state index is 0.281. The topological polar surface area (TPSA) is 65.1 Å². The Morgan fingerprint density at radius 2 is 1.81 bits per heavy atom. The zero-order chi connectivity index (χ0) is 18.6. The van der Waals surface area contributed by atoms with Crippen LogP contribution in [0.25, 0.3) is 0 Å². The zero-order valence-electron chi connectivity index (χ0n) is 15.3. The van der Waals surface area contributed by atoms with Crippen molar-refractivity contribution >= 4 is 17.7 Å². The number of anilines is 1. The Morgan fingerprint density at radius 3 is 2.42 bits per heavy atom. The first-order chi connectivity index (χ1) is 12.3. The number of fused-ring (bicyclic) bond motifs is 2. The molecule has 6 heteroatoms. The van der Waals surface area contributed by atoms with Crippen LogP contribution >= 0.6 is 0 Å². The van der Waals surface area contributed by atoms with E-state index in [-0.39, 0.29) is 5.91 Å². The number of carbonyl (C=O) groups is 2. The van der Waals surface area contributed by atoms with Gasteiger partial charge in [-0.1, -0.05) is 24.3 Å². The normalized spacial score (nSPS) is 26.6. The predicted molar refractivity (Wildman–Crippen MR) is 94.8 cm³/mol. The molecule has 4 rings (SSSR count). The molecular formula is C20H23NO5. The standard InChI is InChI=1S/C20H23NO5/c1-18(2,3)26-17(23)21-15-7-5-4-6-14(15)19(16(21)22)8-10-20(11-9-19)24-12-13-25-20/h4-8,10H,9,11-13H2,1-3H3/t19-/m1/s1. The first-order valence-electron chi connectivity index (χ1n) is 8.92. The molecule has 2 heterocycles. The Labute approximate surface area is 152 Å². The van der Waals surface area contributed by atoms with Crippen LogP contribution in [0.5, 0.6) is 0 Å². The highest BCUT2D eigenvalue weighted by atomic mass is 16.7. The molecule has 0 saturated carbocycles. The Balaban J connectivity index is 1.74. The van der Waals surface area contributed by atoms with E-state index in [9.17, 15) is 9.59 Å². The summed E-state index contributed by atoms with van der Waals surface area (Å²) in [6.45, 7) is 6.45. The summed E-state index contributed by atoms with van der Waals surface area (Å²) in [7, 11) is 0. The molecule has 1 saturated heterocycles. The van der Waals surface area contributed by atoms with E-state index in [1.54, 1.807) is 26.8 Å². The lowest BCUT2D eigenvalue weighted by molar-refractivity contribution is -0.135. The van der Waals surface area contributed by atoms with Gasteiger partial charge in [0.15, 0.2) is 5.79 Å². The maximum Gasteiger partial charge on any atom is 0.421 e. The van der Waals surface area contributed by atoms with Gasteiger partial charge in [0.2, 0.25) is 0 Å². The summed E-state index contributed by atoms with van der Waals surface area (Å²) in [4.78, 5) is 27.2. The van der Waals surface area contributed by atoms with Crippen molar-refractivity contribution in [3.8, 4) is 0 Å². The van der Waals surface area contributed by atoms with Gasteiger partial charge in [0.1, 0.15) is 5.60 Å². The lowest BCUT2D eigenvalue weighted by Gasteiger charge is -2.35. The van der Waals surface area contributed by atoms with Crippen molar-refractivity contribution in [3.05, 3.63) is 42.0 Å². The molecule has 1 atom stereocenters. The van der Waals surface area contributed by atoms with Crippen LogP contribution in [0.1, 0.15) is 39.2 Å². The summed E-state index contributed by atoms with van der Waals surface area (Å²) in [5.41, 5.74) is -0.158. The van der Waals surface area contributed by atoms with Gasteiger partial charge in [0, 0.05) is 6.42 Å². The van der Waals surface area contributed by atoms with Crippen LogP contribution in [0.2, 0.25) is 0 Å². The average molecular weight is 357 g/mol. The van der Waals surface area contributed by atoms with Gasteiger partial charge < -0.3 is 14.2 Å². The molecule has 26 heavy (non-hydrogen) atoms. The van der Waals surface area contributed by atoms with Crippen LogP contribution in [0, 0.1) is 0 Å². The van der Waals surface area contributed by atoms with E-state index in [1.807, 2.05) is 30.4 Å². The fourth-order valence-corrected chi connectivity index (χ4v) is 3.88. The van der Waals surface area contributed by atoms with E-state index < -0.39 is 22.9 Å². The van der Waals surface area contributed by atoms with E-state index >= 15 is 0 Å². The molecule has 0 radical (unpaired) electrons. The van der Waals surface area contributed by atoms with E-state index in [0.29, 0.717) is 31.7 Å². The number of hydrogen-bond acceptors (Lipinski definition) is 5. The lowest BCUT2D eigenvalue weighted by atomic mass is 9.73. The number of amides is 2. The van der Waals surface area contributed by atoms with Gasteiger partial charge in [0.05, 0.1) is 24.3 Å². The van der Waals surface area contributed by atoms with Gasteiger partial charge in [0.25, 0.3) is 5.91 Å². The lowest BCUT2D eigenvalue weighted by Crippen LogP contribution is -2.47. The molecule has 0 N–H and O–H groups in total. The Kier molecular flexibility index (Phi) is 3.75. The summed E-state index contributed by atoms with van der Waals surface area (Å²) in [6, 6.07) is 7.38. The monoisotopic (exact) mass is 357 g/mol. The number of imide groups is 1. The number of hydrogen-bond donors (Lipinski definition) is 0. The summed E-state index contributed by atoms with van der Waals surface area (Å²) < 4.78 is 16.9. The van der Waals surface area contributed by atoms with Crippen LogP contribution in [0.4, 0.5) is 10.5 Å². The quantitative estimate of drug-likeness (QED) is 0.667. The van der Waals surface area contributed by atoms with Crippen molar-refractivity contribution in [3.63, 3.8) is 0 Å². The van der Waals surface area contributed by atoms with Gasteiger partial charge in [-0.15, -0.1) is 0 Å². The molecule has 1 aromatic carbocycles. The van der Waals surface area contributed by atoms with Crippen molar-refractivity contribution in [2.45, 2.75) is 50.4 Å². The number of para-hydroxylation sites is 1. The predicted octanol–water partition coefficient (Wildman–Crippen LogP) is 3.30. The zero-order valence-corrected chi connectivity index (χ0v) is 15.3. The number of benzene rings is 1. The van der Waals surface area contributed by atoms with Crippen LogP contribution in [0.3, 0.4) is 0 Å². The molecule has 3 aliphatic rings. The molecule has 0 aromatic heterocycles. The van der Waals surface area contributed by atoms with Crippen molar-refractivity contribution in [1.29, 1.82) is 0 Å². The minimum Gasteiger partial charge on any atom is -0.443 e. The third-order valence-electron chi connectivity index (χ3n) is 5.05. The number of carbonyl (C=O) groups excluding carboxylic acids is 2. The fraction of sp³-hybridized carbons (Fsp3) is 0.500. The van der Waals surface area contributed by atoms with Gasteiger partial charge in [-0.05, 0) is 44.9 Å². The van der Waals surface area contributed by atoms with Gasteiger partial charge in [-0.3, -0.25) is 4.79 Å². The maximum atomic E-state index is 13.4. The molecular weight excluding hydrogens is 334 g/mol. The molecule has 1 aliphatic carbocycles. The maximum absolute atomic E-state index is 13.4. The summed E-state index contributed by atoms with van der Waals surface area (Å²) in [5.74, 6) is -1.02. The number of ether oxygens (including phenoxy) is 3. The average Bonchev–Trinajstić information content (AvgIpc) is 3.12. The molecule has 1 aromatic rings. The Hall–Kier alpha value is -2.18. The van der Waals surface area contributed by atoms with Crippen LogP contribution in [-0.2, 0) is 24.4 Å². The molecule has 2 spiro atoms. The van der Waals surface area contributed by atoms with Crippen LogP contribution in [0.15, 0.2) is 36.4 Å². The fourth-order valence-electron chi connectivity index (χ4n) is 3.88. The molecule has 2 aliphatic heterocycles. The summed E-state index contributed by atoms with van der Waals surface area (Å²) in [5, 5.41) is 0. The largest absolute Gasteiger partial charge is 0.443 e.